The zero-order valence-electron chi connectivity index (χ0n) is 18.0. The van der Waals surface area contributed by atoms with E-state index in [1.54, 1.807) is 55.3 Å². The van der Waals surface area contributed by atoms with Gasteiger partial charge >= 0.3 is 0 Å². The number of nitrogens with one attached hydrogen (secondary N) is 2. The molecule has 0 unspecified atom stereocenters. The molecule has 166 valence electrons. The maximum atomic E-state index is 13.4. The molecular formula is C24H21N5O3S. The molecule has 2 N–H and O–H groups in total. The van der Waals surface area contributed by atoms with Crippen molar-refractivity contribution < 1.29 is 13.2 Å². The van der Waals surface area contributed by atoms with Gasteiger partial charge in [-0.25, -0.2) is 8.42 Å². The highest BCUT2D eigenvalue weighted by atomic mass is 32.2. The van der Waals surface area contributed by atoms with Crippen molar-refractivity contribution in [3.05, 3.63) is 84.2 Å². The number of sulfone groups is 1. The lowest BCUT2D eigenvalue weighted by molar-refractivity contribution is 0.0942. The van der Waals surface area contributed by atoms with Gasteiger partial charge in [0.05, 0.1) is 27.5 Å². The van der Waals surface area contributed by atoms with Crippen molar-refractivity contribution in [3.63, 3.8) is 0 Å². The Morgan fingerprint density at radius 2 is 1.94 bits per heavy atom. The Bertz CT molecular complexity index is 1630. The first-order chi connectivity index (χ1) is 15.9. The maximum Gasteiger partial charge on any atom is 0.268 e. The predicted octanol–water partition coefficient (Wildman–Crippen LogP) is 3.52. The first kappa shape index (κ1) is 20.9. The number of carbonyl (C=O) groups is 1. The zero-order chi connectivity index (χ0) is 23.2. The number of aromatic nitrogens is 4. The molecule has 5 aromatic rings. The summed E-state index contributed by atoms with van der Waals surface area (Å²) in [4.78, 5) is 25.0. The van der Waals surface area contributed by atoms with Gasteiger partial charge < -0.3 is 14.9 Å². The van der Waals surface area contributed by atoms with Gasteiger partial charge in [-0.15, -0.1) is 0 Å². The van der Waals surface area contributed by atoms with E-state index in [9.17, 15) is 13.2 Å². The number of aromatic amines is 1. The molecule has 0 saturated carbocycles. The number of nitrogens with zero attached hydrogens (tertiary/aromatic N) is 3. The van der Waals surface area contributed by atoms with Crippen LogP contribution in [0.4, 0.5) is 0 Å². The lowest BCUT2D eigenvalue weighted by Gasteiger charge is -2.08. The van der Waals surface area contributed by atoms with Crippen LogP contribution in [0.25, 0.3) is 21.8 Å². The summed E-state index contributed by atoms with van der Waals surface area (Å²) in [5, 5.41) is 4.51. The van der Waals surface area contributed by atoms with E-state index in [0.717, 1.165) is 21.8 Å². The van der Waals surface area contributed by atoms with Crippen LogP contribution in [0.1, 0.15) is 21.9 Å². The van der Waals surface area contributed by atoms with E-state index in [1.807, 2.05) is 24.3 Å². The standard InChI is InChI=1S/C24H21N5O3S/c1-15-23(33(31,32)17-5-6-19-16(12-17)7-10-26-19)13-22(29(15)2)24(30)28-14-21-18-4-3-9-25-20(18)8-11-27-21/h3-13,26H,14H2,1-2H3,(H,28,30). The quantitative estimate of drug-likeness (QED) is 0.418. The smallest absolute Gasteiger partial charge is 0.268 e. The van der Waals surface area contributed by atoms with Gasteiger partial charge in [0.2, 0.25) is 9.84 Å². The van der Waals surface area contributed by atoms with Crippen LogP contribution in [0.15, 0.2) is 76.9 Å². The molecule has 1 amide bonds. The lowest BCUT2D eigenvalue weighted by atomic mass is 10.2. The molecule has 0 radical (unpaired) electrons. The third-order valence-electron chi connectivity index (χ3n) is 5.87. The van der Waals surface area contributed by atoms with E-state index in [-0.39, 0.29) is 27.9 Å². The fourth-order valence-corrected chi connectivity index (χ4v) is 5.52. The highest BCUT2D eigenvalue weighted by molar-refractivity contribution is 7.91. The van der Waals surface area contributed by atoms with E-state index in [4.69, 9.17) is 0 Å². The SMILES string of the molecule is Cc1c(S(=O)(=O)c2ccc3[nH]ccc3c2)cc(C(=O)NCc2nccc3ncccc23)n1C. The van der Waals surface area contributed by atoms with E-state index in [2.05, 4.69) is 20.3 Å². The second-order valence-electron chi connectivity index (χ2n) is 7.78. The molecule has 0 aliphatic heterocycles. The Labute approximate surface area is 190 Å². The number of amides is 1. The highest BCUT2D eigenvalue weighted by Crippen LogP contribution is 2.28. The zero-order valence-corrected chi connectivity index (χ0v) is 18.8. The number of pyridine rings is 2. The fraction of sp³-hybridized carbons (Fsp3) is 0.125. The topological polar surface area (TPSA) is 110 Å². The molecule has 5 rings (SSSR count). The van der Waals surface area contributed by atoms with Gasteiger partial charge in [0.15, 0.2) is 0 Å². The minimum atomic E-state index is -3.81. The van der Waals surface area contributed by atoms with E-state index >= 15 is 0 Å². The van der Waals surface area contributed by atoms with Gasteiger partial charge in [-0.2, -0.15) is 0 Å². The van der Waals surface area contributed by atoms with Crippen LogP contribution in [-0.4, -0.2) is 33.8 Å². The fourth-order valence-electron chi connectivity index (χ4n) is 3.94. The monoisotopic (exact) mass is 459 g/mol. The number of carbonyl (C=O) groups excluding carboxylic acids is 1. The molecule has 0 aliphatic carbocycles. The molecule has 0 atom stereocenters. The largest absolute Gasteiger partial charge is 0.361 e. The van der Waals surface area contributed by atoms with Crippen molar-refractivity contribution in [3.8, 4) is 0 Å². The first-order valence-electron chi connectivity index (χ1n) is 10.3. The van der Waals surface area contributed by atoms with Crippen LogP contribution in [0.2, 0.25) is 0 Å². The average Bonchev–Trinajstić information content (AvgIpc) is 3.41. The lowest BCUT2D eigenvalue weighted by Crippen LogP contribution is -2.25. The summed E-state index contributed by atoms with van der Waals surface area (Å²) in [6.07, 6.45) is 5.11. The Kier molecular flexibility index (Phi) is 4.98. The van der Waals surface area contributed by atoms with Crippen LogP contribution < -0.4 is 5.32 Å². The molecule has 8 nitrogen and oxygen atoms in total. The highest BCUT2D eigenvalue weighted by Gasteiger charge is 2.26. The van der Waals surface area contributed by atoms with Crippen molar-refractivity contribution in [1.29, 1.82) is 0 Å². The van der Waals surface area contributed by atoms with E-state index < -0.39 is 9.84 Å². The molecule has 0 bridgehead atoms. The van der Waals surface area contributed by atoms with Crippen molar-refractivity contribution >= 4 is 37.6 Å². The van der Waals surface area contributed by atoms with Crippen molar-refractivity contribution in [2.75, 3.05) is 0 Å². The van der Waals surface area contributed by atoms with Crippen LogP contribution in [0.5, 0.6) is 0 Å². The minimum Gasteiger partial charge on any atom is -0.361 e. The van der Waals surface area contributed by atoms with Crippen LogP contribution in [0, 0.1) is 6.92 Å². The van der Waals surface area contributed by atoms with E-state index in [1.165, 1.54) is 6.07 Å². The number of H-pyrrole nitrogens is 1. The van der Waals surface area contributed by atoms with Crippen LogP contribution in [-0.2, 0) is 23.4 Å². The molecule has 0 spiro atoms. The predicted molar refractivity (Wildman–Crippen MR) is 125 cm³/mol. The molecule has 4 heterocycles. The van der Waals surface area contributed by atoms with Gasteiger partial charge in [0, 0.05) is 47.6 Å². The molecule has 33 heavy (non-hydrogen) atoms. The summed E-state index contributed by atoms with van der Waals surface area (Å²) in [7, 11) is -2.13. The Morgan fingerprint density at radius 3 is 2.79 bits per heavy atom. The van der Waals surface area contributed by atoms with Crippen molar-refractivity contribution in [2.45, 2.75) is 23.3 Å². The molecule has 1 aromatic carbocycles. The summed E-state index contributed by atoms with van der Waals surface area (Å²) in [6, 6.07) is 13.7. The summed E-state index contributed by atoms with van der Waals surface area (Å²) in [6.45, 7) is 1.88. The second kappa shape index (κ2) is 7.86. The van der Waals surface area contributed by atoms with Gasteiger partial charge in [0.25, 0.3) is 5.91 Å². The normalized spacial score (nSPS) is 11.8. The molecule has 4 aromatic heterocycles. The summed E-state index contributed by atoms with van der Waals surface area (Å²) < 4.78 is 28.3. The Morgan fingerprint density at radius 1 is 1.09 bits per heavy atom. The second-order valence-corrected chi connectivity index (χ2v) is 9.70. The number of benzene rings is 1. The number of hydrogen-bond acceptors (Lipinski definition) is 5. The molecule has 9 heteroatoms. The van der Waals surface area contributed by atoms with Crippen molar-refractivity contribution in [1.82, 2.24) is 24.8 Å². The average molecular weight is 460 g/mol. The Balaban J connectivity index is 1.44. The summed E-state index contributed by atoms with van der Waals surface area (Å²) >= 11 is 0. The third kappa shape index (κ3) is 3.56. The number of hydrogen-bond donors (Lipinski definition) is 2. The molecule has 0 aliphatic rings. The number of fused-ring (bicyclic) bond motifs is 2. The third-order valence-corrected chi connectivity index (χ3v) is 7.74. The van der Waals surface area contributed by atoms with E-state index in [0.29, 0.717) is 11.4 Å². The molecule has 0 saturated heterocycles. The molecular weight excluding hydrogens is 438 g/mol. The van der Waals surface area contributed by atoms with Crippen LogP contribution in [0.3, 0.4) is 0 Å². The van der Waals surface area contributed by atoms with Crippen molar-refractivity contribution in [2.24, 2.45) is 7.05 Å². The van der Waals surface area contributed by atoms with Gasteiger partial charge in [-0.3, -0.25) is 14.8 Å². The summed E-state index contributed by atoms with van der Waals surface area (Å²) in [5.41, 5.74) is 3.08. The first-order valence-corrected chi connectivity index (χ1v) is 11.8. The van der Waals surface area contributed by atoms with Gasteiger partial charge in [-0.1, -0.05) is 0 Å². The van der Waals surface area contributed by atoms with Gasteiger partial charge in [0.1, 0.15) is 5.69 Å². The summed E-state index contributed by atoms with van der Waals surface area (Å²) in [5.74, 6) is -0.383. The van der Waals surface area contributed by atoms with Gasteiger partial charge in [-0.05, 0) is 55.5 Å². The number of rotatable bonds is 5. The Hall–Kier alpha value is -3.98. The molecule has 0 fully saturated rings. The van der Waals surface area contributed by atoms with Crippen LogP contribution >= 0.6 is 0 Å². The minimum absolute atomic E-state index is 0.109. The maximum absolute atomic E-state index is 13.4.